The number of hydrogen-bond donors (Lipinski definition) is 6. The predicted molar refractivity (Wildman–Crippen MR) is 96.7 cm³/mol. The minimum Gasteiger partial charge on any atom is -0.508 e. The molecule has 2 aromatic rings. The number of benzene rings is 2. The number of aromatic hydroxyl groups is 2. The van der Waals surface area contributed by atoms with Crippen molar-refractivity contribution in [2.45, 2.75) is 0 Å². The number of phenols is 2. The van der Waals surface area contributed by atoms with Crippen LogP contribution in [0.25, 0.3) is 0 Å². The maximum Gasteiger partial charge on any atom is 0.394 e. The van der Waals surface area contributed by atoms with Crippen LogP contribution in [0.3, 0.4) is 0 Å². The van der Waals surface area contributed by atoms with Gasteiger partial charge in [0.05, 0.1) is 0 Å². The Hall–Kier alpha value is -2.20. The van der Waals surface area contributed by atoms with Gasteiger partial charge in [-0.15, -0.1) is 12.4 Å². The minimum atomic E-state index is -4.67. The fourth-order valence-corrected chi connectivity index (χ4v) is 1.26. The molecule has 6 N–H and O–H groups in total. The molecule has 0 amide bonds. The second kappa shape index (κ2) is 12.3. The second-order valence-electron chi connectivity index (χ2n) is 4.04. The molecule has 10 heteroatoms. The van der Waals surface area contributed by atoms with Crippen LogP contribution in [-0.4, -0.2) is 41.8 Å². The summed E-state index contributed by atoms with van der Waals surface area (Å²) < 4.78 is 31.6. The molecule has 0 atom stereocenters. The van der Waals surface area contributed by atoms with Gasteiger partial charge in [0, 0.05) is 25.5 Å². The van der Waals surface area contributed by atoms with Crippen LogP contribution >= 0.6 is 12.4 Å². The largest absolute Gasteiger partial charge is 0.508 e. The van der Waals surface area contributed by atoms with Gasteiger partial charge in [-0.05, 0) is 48.5 Å². The van der Waals surface area contributed by atoms with Crippen molar-refractivity contribution >= 4 is 34.2 Å². The third kappa shape index (κ3) is 14.7. The zero-order chi connectivity index (χ0) is 17.9. The molecule has 136 valence electrons. The topological polar surface area (TPSA) is 139 Å². The van der Waals surface area contributed by atoms with E-state index in [9.17, 15) is 0 Å². The molecule has 8 nitrogen and oxygen atoms in total. The summed E-state index contributed by atoms with van der Waals surface area (Å²) in [4.78, 5) is 0. The lowest BCUT2D eigenvalue weighted by Crippen LogP contribution is -1.89. The molecule has 0 saturated carbocycles. The number of halogens is 1. The first-order valence-corrected chi connectivity index (χ1v) is 7.69. The van der Waals surface area contributed by atoms with Crippen LogP contribution in [0.1, 0.15) is 0 Å². The average Bonchev–Trinajstić information content (AvgIpc) is 2.48. The highest BCUT2D eigenvalue weighted by molar-refractivity contribution is 7.79. The Morgan fingerprint density at radius 3 is 1.08 bits per heavy atom. The number of phenolic OH excluding ortho intramolecular Hbond substituents is 2. The van der Waals surface area contributed by atoms with Gasteiger partial charge in [0.2, 0.25) is 0 Å². The van der Waals surface area contributed by atoms with Gasteiger partial charge in [0.15, 0.2) is 0 Å². The molecule has 2 aromatic carbocycles. The molecule has 0 fully saturated rings. The van der Waals surface area contributed by atoms with Gasteiger partial charge in [-0.25, -0.2) is 0 Å². The summed E-state index contributed by atoms with van der Waals surface area (Å²) in [6.07, 6.45) is 0. The van der Waals surface area contributed by atoms with Crippen LogP contribution in [0.15, 0.2) is 48.5 Å². The molecular formula is C14H21ClN2O6S. The molecule has 0 radical (unpaired) electrons. The molecule has 0 saturated heterocycles. The number of nitrogens with one attached hydrogen (secondary N) is 2. The zero-order valence-corrected chi connectivity index (χ0v) is 14.7. The maximum absolute atomic E-state index is 8.82. The Kier molecular flexibility index (Phi) is 12.3. The van der Waals surface area contributed by atoms with Gasteiger partial charge in [-0.1, -0.05) is 0 Å². The van der Waals surface area contributed by atoms with E-state index in [1.807, 2.05) is 38.4 Å². The SMILES string of the molecule is CNc1ccc(O)cc1.CNc1ccc(O)cc1.Cl.O=S(=O)(O)O. The summed E-state index contributed by atoms with van der Waals surface area (Å²) in [5, 5.41) is 23.5. The highest BCUT2D eigenvalue weighted by Crippen LogP contribution is 2.12. The molecule has 2 rings (SSSR count). The van der Waals surface area contributed by atoms with Gasteiger partial charge >= 0.3 is 10.4 Å². The van der Waals surface area contributed by atoms with Crippen LogP contribution in [-0.2, 0) is 10.4 Å². The molecule has 0 aliphatic carbocycles. The average molecular weight is 381 g/mol. The van der Waals surface area contributed by atoms with E-state index in [0.29, 0.717) is 11.5 Å². The smallest absolute Gasteiger partial charge is 0.394 e. The van der Waals surface area contributed by atoms with Crippen molar-refractivity contribution in [2.24, 2.45) is 0 Å². The van der Waals surface area contributed by atoms with Crippen molar-refractivity contribution in [2.75, 3.05) is 24.7 Å². The lowest BCUT2D eigenvalue weighted by atomic mass is 10.3. The van der Waals surface area contributed by atoms with Crippen LogP contribution in [0.4, 0.5) is 11.4 Å². The Labute approximate surface area is 147 Å². The van der Waals surface area contributed by atoms with E-state index in [4.69, 9.17) is 27.7 Å². The number of anilines is 2. The van der Waals surface area contributed by atoms with Gasteiger partial charge in [-0.2, -0.15) is 8.42 Å². The van der Waals surface area contributed by atoms with E-state index in [0.717, 1.165) is 11.4 Å². The number of hydrogen-bond acceptors (Lipinski definition) is 6. The third-order valence-corrected chi connectivity index (χ3v) is 2.31. The minimum absolute atomic E-state index is 0. The quantitative estimate of drug-likeness (QED) is 0.345. The van der Waals surface area contributed by atoms with E-state index >= 15 is 0 Å². The van der Waals surface area contributed by atoms with Crippen molar-refractivity contribution in [1.82, 2.24) is 0 Å². The first-order chi connectivity index (χ1) is 10.7. The highest BCUT2D eigenvalue weighted by Gasteiger charge is 1.86. The predicted octanol–water partition coefficient (Wildman–Crippen LogP) is 2.64. The van der Waals surface area contributed by atoms with Crippen LogP contribution in [0.5, 0.6) is 11.5 Å². The Balaban J connectivity index is 0. The van der Waals surface area contributed by atoms with Gasteiger partial charge in [-0.3, -0.25) is 9.11 Å². The summed E-state index contributed by atoms with van der Waals surface area (Å²) in [5.74, 6) is 0.600. The van der Waals surface area contributed by atoms with Crippen LogP contribution in [0, 0.1) is 0 Å². The molecular weight excluding hydrogens is 360 g/mol. The molecule has 0 bridgehead atoms. The highest BCUT2D eigenvalue weighted by atomic mass is 35.5. The molecule has 0 heterocycles. The van der Waals surface area contributed by atoms with Gasteiger partial charge in [0.25, 0.3) is 0 Å². The molecule has 0 spiro atoms. The molecule has 0 aromatic heterocycles. The summed E-state index contributed by atoms with van der Waals surface area (Å²) in [6, 6.07) is 13.8. The van der Waals surface area contributed by atoms with Crippen molar-refractivity contribution in [1.29, 1.82) is 0 Å². The van der Waals surface area contributed by atoms with E-state index < -0.39 is 10.4 Å². The third-order valence-electron chi connectivity index (χ3n) is 2.31. The lowest BCUT2D eigenvalue weighted by molar-refractivity contribution is 0.381. The summed E-state index contributed by atoms with van der Waals surface area (Å²) in [7, 11) is -0.987. The van der Waals surface area contributed by atoms with E-state index in [1.54, 1.807) is 24.3 Å². The van der Waals surface area contributed by atoms with Crippen LogP contribution in [0.2, 0.25) is 0 Å². The standard InChI is InChI=1S/2C7H9NO.ClH.H2O4S/c2*1-8-6-2-4-7(9)5-3-6;;1-5(2,3)4/h2*2-5,8-9H,1H3;1H;(H2,1,2,3,4). The second-order valence-corrected chi connectivity index (χ2v) is 4.94. The van der Waals surface area contributed by atoms with Crippen molar-refractivity contribution < 1.29 is 27.7 Å². The van der Waals surface area contributed by atoms with E-state index in [1.165, 1.54) is 0 Å². The Morgan fingerprint density at radius 1 is 0.708 bits per heavy atom. The fourth-order valence-electron chi connectivity index (χ4n) is 1.26. The van der Waals surface area contributed by atoms with Crippen molar-refractivity contribution in [3.05, 3.63) is 48.5 Å². The first kappa shape index (κ1) is 24.1. The van der Waals surface area contributed by atoms with E-state index in [-0.39, 0.29) is 12.4 Å². The zero-order valence-electron chi connectivity index (χ0n) is 13.0. The molecule has 0 unspecified atom stereocenters. The van der Waals surface area contributed by atoms with Crippen molar-refractivity contribution in [3.8, 4) is 11.5 Å². The fraction of sp³-hybridized carbons (Fsp3) is 0.143. The Morgan fingerprint density at radius 2 is 0.917 bits per heavy atom. The van der Waals surface area contributed by atoms with Gasteiger partial charge in [0.1, 0.15) is 11.5 Å². The Bertz CT molecular complexity index is 609. The summed E-state index contributed by atoms with van der Waals surface area (Å²) in [6.45, 7) is 0. The monoisotopic (exact) mass is 380 g/mol. The van der Waals surface area contributed by atoms with Crippen molar-refractivity contribution in [3.63, 3.8) is 0 Å². The number of rotatable bonds is 2. The normalized spacial score (nSPS) is 9.17. The summed E-state index contributed by atoms with van der Waals surface area (Å²) >= 11 is 0. The van der Waals surface area contributed by atoms with Gasteiger partial charge < -0.3 is 20.8 Å². The first-order valence-electron chi connectivity index (χ1n) is 6.29. The summed E-state index contributed by atoms with van der Waals surface area (Å²) in [5.41, 5.74) is 2.01. The molecule has 0 aliphatic rings. The maximum atomic E-state index is 8.82. The molecule has 0 aliphatic heterocycles. The molecule has 24 heavy (non-hydrogen) atoms. The van der Waals surface area contributed by atoms with E-state index in [2.05, 4.69) is 10.6 Å². The lowest BCUT2D eigenvalue weighted by Gasteiger charge is -1.96. The van der Waals surface area contributed by atoms with Crippen LogP contribution < -0.4 is 10.6 Å².